The molecule has 30 heavy (non-hydrogen) atoms. The second-order valence-electron chi connectivity index (χ2n) is 6.10. The van der Waals surface area contributed by atoms with Crippen molar-refractivity contribution >= 4 is 11.5 Å². The van der Waals surface area contributed by atoms with Crippen molar-refractivity contribution in [2.75, 3.05) is 7.11 Å². The Balaban J connectivity index is 2.08. The monoisotopic (exact) mass is 417 g/mol. The van der Waals surface area contributed by atoms with Crippen LogP contribution in [-0.4, -0.2) is 17.8 Å². The number of methoxy groups -OCH3 is 1. The van der Waals surface area contributed by atoms with Gasteiger partial charge in [0, 0.05) is 17.7 Å². The number of nitro benzene ring substituents is 1. The number of hydrogen-bond donors (Lipinski definition) is 0. The minimum Gasteiger partial charge on any atom is -0.497 e. The molecule has 0 heterocycles. The lowest BCUT2D eigenvalue weighted by Crippen LogP contribution is -2.07. The van der Waals surface area contributed by atoms with Crippen molar-refractivity contribution < 1.29 is 32.4 Å². The van der Waals surface area contributed by atoms with Gasteiger partial charge >= 0.3 is 11.9 Å². The van der Waals surface area contributed by atoms with E-state index in [4.69, 9.17) is 9.47 Å². The number of nitro groups is 1. The molecule has 0 fully saturated rings. The van der Waals surface area contributed by atoms with Crippen molar-refractivity contribution in [2.45, 2.75) is 6.18 Å². The van der Waals surface area contributed by atoms with E-state index >= 15 is 0 Å². The number of carbonyl (C=O) groups excluding carboxylic acids is 1. The number of hydrogen-bond acceptors (Lipinski definition) is 5. The van der Waals surface area contributed by atoms with Gasteiger partial charge in [-0.15, -0.1) is 0 Å². The van der Waals surface area contributed by atoms with Crippen LogP contribution in [0.4, 0.5) is 18.9 Å². The van der Waals surface area contributed by atoms with Crippen LogP contribution in [0.1, 0.15) is 21.5 Å². The molecule has 0 aliphatic heterocycles. The van der Waals surface area contributed by atoms with Crippen LogP contribution in [0.3, 0.4) is 0 Å². The molecule has 0 spiro atoms. The average Bonchev–Trinajstić information content (AvgIpc) is 2.73. The predicted octanol–water partition coefficient (Wildman–Crippen LogP) is 5.65. The van der Waals surface area contributed by atoms with E-state index in [1.54, 1.807) is 30.3 Å². The fraction of sp³-hybridized carbons (Fsp3) is 0.0952. The standard InChI is InChI=1S/C21H14F3NO5/c1-29-15-8-9-16(20(26)13-5-3-2-4-6-13)19(12-15)30-18-10-7-14(21(22,23)24)11-17(18)25(27)28/h2-12H,1H3. The van der Waals surface area contributed by atoms with Crippen molar-refractivity contribution in [1.29, 1.82) is 0 Å². The summed E-state index contributed by atoms with van der Waals surface area (Å²) in [6.45, 7) is 0. The van der Waals surface area contributed by atoms with Gasteiger partial charge in [-0.2, -0.15) is 13.2 Å². The van der Waals surface area contributed by atoms with Crippen LogP contribution in [0, 0.1) is 10.1 Å². The fourth-order valence-electron chi connectivity index (χ4n) is 2.69. The van der Waals surface area contributed by atoms with Gasteiger partial charge in [0.1, 0.15) is 11.5 Å². The Bertz CT molecular complexity index is 1100. The summed E-state index contributed by atoms with van der Waals surface area (Å²) in [7, 11) is 1.37. The fourth-order valence-corrected chi connectivity index (χ4v) is 2.69. The number of rotatable bonds is 6. The van der Waals surface area contributed by atoms with Crippen LogP contribution in [0.25, 0.3) is 0 Å². The van der Waals surface area contributed by atoms with E-state index in [9.17, 15) is 28.1 Å². The topological polar surface area (TPSA) is 78.7 Å². The molecule has 0 N–H and O–H groups in total. The lowest BCUT2D eigenvalue weighted by molar-refractivity contribution is -0.385. The molecule has 0 radical (unpaired) electrons. The van der Waals surface area contributed by atoms with Gasteiger partial charge in [0.25, 0.3) is 0 Å². The highest BCUT2D eigenvalue weighted by Gasteiger charge is 2.33. The molecular formula is C21H14F3NO5. The summed E-state index contributed by atoms with van der Waals surface area (Å²) in [5.74, 6) is -0.665. The summed E-state index contributed by atoms with van der Waals surface area (Å²) >= 11 is 0. The van der Waals surface area contributed by atoms with Gasteiger partial charge in [0.05, 0.1) is 23.2 Å². The number of ketones is 1. The Kier molecular flexibility index (Phi) is 5.72. The predicted molar refractivity (Wildman–Crippen MR) is 101 cm³/mol. The molecule has 0 saturated carbocycles. The van der Waals surface area contributed by atoms with Crippen LogP contribution >= 0.6 is 0 Å². The van der Waals surface area contributed by atoms with Crippen LogP contribution in [-0.2, 0) is 6.18 Å². The maximum Gasteiger partial charge on any atom is 0.416 e. The van der Waals surface area contributed by atoms with Crippen LogP contribution < -0.4 is 9.47 Å². The highest BCUT2D eigenvalue weighted by Crippen LogP contribution is 2.39. The molecule has 0 aliphatic rings. The van der Waals surface area contributed by atoms with Crippen LogP contribution in [0.5, 0.6) is 17.2 Å². The third-order valence-electron chi connectivity index (χ3n) is 4.17. The molecule has 0 aromatic heterocycles. The summed E-state index contributed by atoms with van der Waals surface area (Å²) in [6, 6.07) is 14.4. The molecule has 3 aromatic rings. The van der Waals surface area contributed by atoms with Gasteiger partial charge in [-0.1, -0.05) is 30.3 Å². The first-order valence-corrected chi connectivity index (χ1v) is 8.52. The number of carbonyl (C=O) groups is 1. The molecule has 0 saturated heterocycles. The van der Waals surface area contributed by atoms with Gasteiger partial charge < -0.3 is 9.47 Å². The van der Waals surface area contributed by atoms with Gasteiger partial charge in [-0.25, -0.2) is 0 Å². The first-order valence-electron chi connectivity index (χ1n) is 8.52. The summed E-state index contributed by atoms with van der Waals surface area (Å²) < 4.78 is 49.4. The Morgan fingerprint density at radius 3 is 2.27 bits per heavy atom. The lowest BCUT2D eigenvalue weighted by atomic mass is 10.0. The highest BCUT2D eigenvalue weighted by molar-refractivity contribution is 6.10. The van der Waals surface area contributed by atoms with Gasteiger partial charge in [0.15, 0.2) is 5.78 Å². The summed E-state index contributed by atoms with van der Waals surface area (Å²) in [6.07, 6.45) is -4.76. The Morgan fingerprint density at radius 2 is 1.67 bits per heavy atom. The smallest absolute Gasteiger partial charge is 0.416 e. The summed E-state index contributed by atoms with van der Waals surface area (Å²) in [4.78, 5) is 23.2. The molecule has 0 amide bonds. The van der Waals surface area contributed by atoms with Gasteiger partial charge in [-0.05, 0) is 24.3 Å². The van der Waals surface area contributed by atoms with E-state index in [1.165, 1.54) is 25.3 Å². The van der Waals surface area contributed by atoms with E-state index in [1.807, 2.05) is 0 Å². The molecule has 6 nitrogen and oxygen atoms in total. The normalized spacial score (nSPS) is 11.1. The third kappa shape index (κ3) is 4.40. The second kappa shape index (κ2) is 8.24. The first kappa shape index (κ1) is 20.8. The zero-order valence-electron chi connectivity index (χ0n) is 15.5. The van der Waals surface area contributed by atoms with E-state index < -0.39 is 33.9 Å². The molecule has 0 unspecified atom stereocenters. The average molecular weight is 417 g/mol. The van der Waals surface area contributed by atoms with E-state index in [2.05, 4.69) is 0 Å². The molecular weight excluding hydrogens is 403 g/mol. The number of alkyl halides is 3. The quantitative estimate of drug-likeness (QED) is 0.294. The Labute approximate surface area is 168 Å². The van der Waals surface area contributed by atoms with Gasteiger partial charge in [0.2, 0.25) is 5.75 Å². The summed E-state index contributed by atoms with van der Waals surface area (Å²) in [5, 5.41) is 11.3. The SMILES string of the molecule is COc1ccc(C(=O)c2ccccc2)c(Oc2ccc(C(F)(F)F)cc2[N+](=O)[O-])c1. The Hall–Kier alpha value is -3.88. The first-order chi connectivity index (χ1) is 14.2. The lowest BCUT2D eigenvalue weighted by Gasteiger charge is -2.13. The minimum absolute atomic E-state index is 0.0659. The van der Waals surface area contributed by atoms with E-state index in [0.29, 0.717) is 23.4 Å². The molecule has 3 rings (SSSR count). The number of halogens is 3. The number of nitrogens with zero attached hydrogens (tertiary/aromatic N) is 1. The summed E-state index contributed by atoms with van der Waals surface area (Å²) in [5.41, 5.74) is -1.66. The second-order valence-corrected chi connectivity index (χ2v) is 6.10. The molecule has 154 valence electrons. The number of ether oxygens (including phenoxy) is 2. The van der Waals surface area contributed by atoms with Crippen molar-refractivity contribution in [2.24, 2.45) is 0 Å². The Morgan fingerprint density at radius 1 is 0.967 bits per heavy atom. The van der Waals surface area contributed by atoms with E-state index in [-0.39, 0.29) is 11.3 Å². The van der Waals surface area contributed by atoms with Crippen LogP contribution in [0.2, 0.25) is 0 Å². The molecule has 0 bridgehead atoms. The van der Waals surface area contributed by atoms with E-state index in [0.717, 1.165) is 6.07 Å². The maximum absolute atomic E-state index is 12.9. The maximum atomic E-state index is 12.9. The van der Waals surface area contributed by atoms with Crippen molar-refractivity contribution in [3.63, 3.8) is 0 Å². The number of benzene rings is 3. The molecule has 9 heteroatoms. The van der Waals surface area contributed by atoms with Crippen LogP contribution in [0.15, 0.2) is 66.7 Å². The zero-order chi connectivity index (χ0) is 21.9. The van der Waals surface area contributed by atoms with Crippen molar-refractivity contribution in [3.05, 3.63) is 93.5 Å². The highest BCUT2D eigenvalue weighted by atomic mass is 19.4. The molecule has 0 aliphatic carbocycles. The van der Waals surface area contributed by atoms with Gasteiger partial charge in [-0.3, -0.25) is 14.9 Å². The third-order valence-corrected chi connectivity index (χ3v) is 4.17. The van der Waals surface area contributed by atoms with Crippen molar-refractivity contribution in [1.82, 2.24) is 0 Å². The zero-order valence-corrected chi connectivity index (χ0v) is 15.5. The van der Waals surface area contributed by atoms with Crippen molar-refractivity contribution in [3.8, 4) is 17.2 Å². The molecule has 0 atom stereocenters. The minimum atomic E-state index is -4.76. The largest absolute Gasteiger partial charge is 0.497 e. The molecule has 3 aromatic carbocycles.